The molecule has 2 heterocycles. The van der Waals surface area contributed by atoms with Gasteiger partial charge in [-0.2, -0.15) is 13.2 Å². The summed E-state index contributed by atoms with van der Waals surface area (Å²) in [5, 5.41) is 0.889. The van der Waals surface area contributed by atoms with Gasteiger partial charge in [-0.15, -0.1) is 0 Å². The Morgan fingerprint density at radius 3 is 2.89 bits per heavy atom. The largest absolute Gasteiger partial charge is 0.419 e. The number of hydrogen-bond acceptors (Lipinski definition) is 2. The van der Waals surface area contributed by atoms with Gasteiger partial charge in [-0.3, -0.25) is 0 Å². The Bertz CT molecular complexity index is 421. The average molecular weight is 337 g/mol. The normalized spacial score (nSPS) is 20.6. The van der Waals surface area contributed by atoms with Crippen molar-refractivity contribution in [1.29, 1.82) is 0 Å². The van der Waals surface area contributed by atoms with Crippen LogP contribution in [0.1, 0.15) is 24.8 Å². The lowest BCUT2D eigenvalue weighted by Crippen LogP contribution is -2.37. The molecule has 1 saturated heterocycles. The monoisotopic (exact) mass is 336 g/mol. The van der Waals surface area contributed by atoms with Gasteiger partial charge in [-0.25, -0.2) is 4.98 Å². The number of halogens is 4. The van der Waals surface area contributed by atoms with Crippen molar-refractivity contribution in [3.8, 4) is 0 Å². The average Bonchev–Trinajstić information content (AvgIpc) is 2.38. The fourth-order valence-corrected chi connectivity index (χ4v) is 3.17. The second kappa shape index (κ2) is 6.11. The molecule has 0 radical (unpaired) electrons. The molecule has 0 aromatic carbocycles. The van der Waals surface area contributed by atoms with E-state index < -0.39 is 11.7 Å². The Morgan fingerprint density at radius 2 is 2.21 bits per heavy atom. The van der Waals surface area contributed by atoms with Crippen LogP contribution < -0.4 is 4.90 Å². The van der Waals surface area contributed by atoms with Crippen LogP contribution >= 0.6 is 15.9 Å². The quantitative estimate of drug-likeness (QED) is 0.772. The van der Waals surface area contributed by atoms with Crippen molar-refractivity contribution < 1.29 is 13.2 Å². The highest BCUT2D eigenvalue weighted by Gasteiger charge is 2.36. The van der Waals surface area contributed by atoms with E-state index in [-0.39, 0.29) is 5.82 Å². The van der Waals surface area contributed by atoms with Crippen molar-refractivity contribution in [3.63, 3.8) is 0 Å². The summed E-state index contributed by atoms with van der Waals surface area (Å²) in [5.41, 5.74) is -0.630. The zero-order chi connectivity index (χ0) is 13.9. The van der Waals surface area contributed by atoms with Gasteiger partial charge in [0.15, 0.2) is 0 Å². The van der Waals surface area contributed by atoms with Crippen LogP contribution in [0.5, 0.6) is 0 Å². The van der Waals surface area contributed by atoms with Gasteiger partial charge in [0.1, 0.15) is 5.82 Å². The first-order valence-corrected chi connectivity index (χ1v) is 7.47. The summed E-state index contributed by atoms with van der Waals surface area (Å²) in [6, 6.07) is 2.45. The lowest BCUT2D eigenvalue weighted by atomic mass is 9.95. The maximum absolute atomic E-state index is 13.0. The fourth-order valence-electron chi connectivity index (χ4n) is 2.52. The maximum Gasteiger partial charge on any atom is 0.419 e. The van der Waals surface area contributed by atoms with Gasteiger partial charge in [-0.05, 0) is 37.3 Å². The fraction of sp³-hybridized carbons (Fsp3) is 0.615. The Kier molecular flexibility index (Phi) is 4.71. The molecule has 0 amide bonds. The lowest BCUT2D eigenvalue weighted by molar-refractivity contribution is -0.137. The van der Waals surface area contributed by atoms with Crippen LogP contribution in [0.4, 0.5) is 19.0 Å². The highest BCUT2D eigenvalue weighted by atomic mass is 79.9. The second-order valence-electron chi connectivity index (χ2n) is 4.80. The van der Waals surface area contributed by atoms with Gasteiger partial charge >= 0.3 is 6.18 Å². The summed E-state index contributed by atoms with van der Waals surface area (Å²) in [6.45, 7) is 1.31. The summed E-state index contributed by atoms with van der Waals surface area (Å²) in [7, 11) is 0. The van der Waals surface area contributed by atoms with Crippen LogP contribution in [0.25, 0.3) is 0 Å². The molecule has 1 fully saturated rings. The molecule has 1 aromatic rings. The molecular weight excluding hydrogens is 321 g/mol. The topological polar surface area (TPSA) is 16.1 Å². The molecule has 0 bridgehead atoms. The Balaban J connectivity index is 2.21. The van der Waals surface area contributed by atoms with Crippen molar-refractivity contribution >= 4 is 21.7 Å². The first kappa shape index (κ1) is 14.6. The summed E-state index contributed by atoms with van der Waals surface area (Å²) < 4.78 is 38.9. The predicted molar refractivity (Wildman–Crippen MR) is 72.6 cm³/mol. The van der Waals surface area contributed by atoms with Gasteiger partial charge in [0.2, 0.25) is 0 Å². The Labute approximate surface area is 119 Å². The van der Waals surface area contributed by atoms with Crippen molar-refractivity contribution in [2.24, 2.45) is 5.92 Å². The third-order valence-corrected chi connectivity index (χ3v) is 3.89. The van der Waals surface area contributed by atoms with Crippen molar-refractivity contribution in [1.82, 2.24) is 4.98 Å². The van der Waals surface area contributed by atoms with E-state index in [0.717, 1.165) is 30.7 Å². The summed E-state index contributed by atoms with van der Waals surface area (Å²) in [5.74, 6) is 0.519. The van der Waals surface area contributed by atoms with E-state index >= 15 is 0 Å². The van der Waals surface area contributed by atoms with Gasteiger partial charge in [0.05, 0.1) is 5.56 Å². The number of nitrogens with zero attached hydrogens (tertiary/aromatic N) is 2. The summed E-state index contributed by atoms with van der Waals surface area (Å²) in [4.78, 5) is 5.74. The zero-order valence-electron chi connectivity index (χ0n) is 10.5. The minimum absolute atomic E-state index is 0.0780. The van der Waals surface area contributed by atoms with E-state index in [0.29, 0.717) is 19.0 Å². The van der Waals surface area contributed by atoms with Crippen LogP contribution in [0.3, 0.4) is 0 Å². The number of piperidine rings is 1. The number of rotatable bonds is 3. The third-order valence-electron chi connectivity index (χ3n) is 3.43. The summed E-state index contributed by atoms with van der Waals surface area (Å²) in [6.07, 6.45) is 0.0805. The van der Waals surface area contributed by atoms with Crippen molar-refractivity contribution in [3.05, 3.63) is 23.9 Å². The van der Waals surface area contributed by atoms with Crippen LogP contribution in [0, 0.1) is 5.92 Å². The predicted octanol–water partition coefficient (Wildman–Crippen LogP) is 4.10. The van der Waals surface area contributed by atoms with E-state index in [9.17, 15) is 13.2 Å². The number of hydrogen-bond donors (Lipinski definition) is 0. The molecule has 6 heteroatoms. The minimum Gasteiger partial charge on any atom is -0.356 e. The van der Waals surface area contributed by atoms with Crippen LogP contribution in [-0.4, -0.2) is 23.4 Å². The molecule has 19 heavy (non-hydrogen) atoms. The molecule has 0 N–H and O–H groups in total. The van der Waals surface area contributed by atoms with Crippen LogP contribution in [0.15, 0.2) is 18.3 Å². The van der Waals surface area contributed by atoms with E-state index in [1.165, 1.54) is 12.3 Å². The lowest BCUT2D eigenvalue weighted by Gasteiger charge is -2.34. The number of alkyl halides is 4. The second-order valence-corrected chi connectivity index (χ2v) is 5.60. The Hall–Kier alpha value is -0.780. The van der Waals surface area contributed by atoms with Crippen molar-refractivity contribution in [2.75, 3.05) is 23.3 Å². The molecule has 2 rings (SSSR count). The van der Waals surface area contributed by atoms with Crippen LogP contribution in [0.2, 0.25) is 0 Å². The van der Waals surface area contributed by atoms with E-state index in [2.05, 4.69) is 20.9 Å². The van der Waals surface area contributed by atoms with E-state index in [1.54, 1.807) is 4.90 Å². The number of pyridine rings is 1. The highest BCUT2D eigenvalue weighted by molar-refractivity contribution is 9.09. The van der Waals surface area contributed by atoms with Gasteiger partial charge < -0.3 is 4.90 Å². The molecule has 0 aliphatic carbocycles. The number of anilines is 1. The molecular formula is C13H16BrF3N2. The van der Waals surface area contributed by atoms with Gasteiger partial charge in [-0.1, -0.05) is 15.9 Å². The zero-order valence-corrected chi connectivity index (χ0v) is 12.0. The molecule has 106 valence electrons. The molecule has 0 spiro atoms. The first-order valence-electron chi connectivity index (χ1n) is 6.35. The van der Waals surface area contributed by atoms with Crippen molar-refractivity contribution in [2.45, 2.75) is 25.4 Å². The molecule has 1 unspecified atom stereocenters. The van der Waals surface area contributed by atoms with Gasteiger partial charge in [0.25, 0.3) is 0 Å². The minimum atomic E-state index is -4.34. The molecule has 1 aliphatic heterocycles. The SMILES string of the molecule is FC(F)(F)c1cccnc1N1CCCC(CCBr)C1. The standard InChI is InChI=1S/C13H16BrF3N2/c14-6-5-10-3-2-8-19(9-10)12-11(13(15,16)17)4-1-7-18-12/h1,4,7,10H,2-3,5-6,8-9H2. The summed E-state index contributed by atoms with van der Waals surface area (Å²) >= 11 is 3.39. The van der Waals surface area contributed by atoms with Gasteiger partial charge in [0, 0.05) is 24.6 Å². The maximum atomic E-state index is 13.0. The first-order chi connectivity index (χ1) is 9.02. The van der Waals surface area contributed by atoms with E-state index in [1.807, 2.05) is 0 Å². The molecule has 1 atom stereocenters. The number of aromatic nitrogens is 1. The van der Waals surface area contributed by atoms with E-state index in [4.69, 9.17) is 0 Å². The third kappa shape index (κ3) is 3.61. The molecule has 0 saturated carbocycles. The highest BCUT2D eigenvalue weighted by Crippen LogP contribution is 2.36. The van der Waals surface area contributed by atoms with Crippen LogP contribution in [-0.2, 0) is 6.18 Å². The molecule has 1 aromatic heterocycles. The Morgan fingerprint density at radius 1 is 1.42 bits per heavy atom. The molecule has 1 aliphatic rings. The molecule has 2 nitrogen and oxygen atoms in total. The smallest absolute Gasteiger partial charge is 0.356 e.